The summed E-state index contributed by atoms with van der Waals surface area (Å²) in [7, 11) is 1.94. The molecule has 1 aromatic heterocycles. The van der Waals surface area contributed by atoms with E-state index in [4.69, 9.17) is 4.74 Å². The minimum Gasteiger partial charge on any atom is -0.422 e. The summed E-state index contributed by atoms with van der Waals surface area (Å²) in [6.07, 6.45) is 1.79. The molecule has 0 radical (unpaired) electrons. The number of halogens is 2. The third kappa shape index (κ3) is 4.04. The maximum Gasteiger partial charge on any atom is 0.344 e. The number of hydrogen-bond acceptors (Lipinski definition) is 3. The van der Waals surface area contributed by atoms with Crippen LogP contribution in [0.5, 0.6) is 0 Å². The molecule has 0 aliphatic carbocycles. The van der Waals surface area contributed by atoms with Crippen LogP contribution in [0, 0.1) is 0 Å². The Balaban J connectivity index is 1.81. The van der Waals surface area contributed by atoms with Crippen LogP contribution in [0.2, 0.25) is 0 Å². The number of carbonyl (C=O) groups is 1. The minimum absolute atomic E-state index is 0.414. The number of hydrogen-bond donors (Lipinski definition) is 0. The fourth-order valence-electron chi connectivity index (χ4n) is 3.02. The lowest BCUT2D eigenvalue weighted by Crippen LogP contribution is -2.06. The van der Waals surface area contributed by atoms with Crippen LogP contribution in [-0.2, 0) is 11.8 Å². The molecule has 1 heterocycles. The molecule has 0 atom stereocenters. The van der Waals surface area contributed by atoms with Gasteiger partial charge < -0.3 is 9.30 Å². The summed E-state index contributed by atoms with van der Waals surface area (Å²) in [5, 5.41) is 0. The Kier molecular flexibility index (Phi) is 5.65. The topological polar surface area (TPSA) is 44.1 Å². The SMILES string of the molecule is Cn1c(C=C(OC(=O)c2ccccc2Br)c2ccccc2Br)nc2ccccc21. The summed E-state index contributed by atoms with van der Waals surface area (Å²) in [4.78, 5) is 17.5. The summed E-state index contributed by atoms with van der Waals surface area (Å²) >= 11 is 6.97. The third-order valence-electron chi connectivity index (χ3n) is 4.52. The van der Waals surface area contributed by atoms with Crippen LogP contribution < -0.4 is 0 Å². The normalized spacial score (nSPS) is 11.6. The van der Waals surface area contributed by atoms with Gasteiger partial charge in [0.25, 0.3) is 0 Å². The molecule has 0 aliphatic heterocycles. The fraction of sp³-hybridized carbons (Fsp3) is 0.0435. The smallest absolute Gasteiger partial charge is 0.344 e. The Morgan fingerprint density at radius 1 is 0.897 bits per heavy atom. The second-order valence-corrected chi connectivity index (χ2v) is 8.08. The summed E-state index contributed by atoms with van der Waals surface area (Å²) in [5.41, 5.74) is 3.10. The van der Waals surface area contributed by atoms with Crippen molar-refractivity contribution < 1.29 is 9.53 Å². The number of ether oxygens (including phenoxy) is 1. The van der Waals surface area contributed by atoms with E-state index < -0.39 is 5.97 Å². The van der Waals surface area contributed by atoms with Crippen LogP contribution in [0.15, 0.2) is 81.7 Å². The van der Waals surface area contributed by atoms with E-state index in [2.05, 4.69) is 36.8 Å². The molecule has 0 saturated carbocycles. The highest BCUT2D eigenvalue weighted by atomic mass is 79.9. The van der Waals surface area contributed by atoms with Crippen molar-refractivity contribution >= 4 is 60.7 Å². The molecule has 29 heavy (non-hydrogen) atoms. The maximum absolute atomic E-state index is 12.9. The quantitative estimate of drug-likeness (QED) is 0.233. The average molecular weight is 512 g/mol. The van der Waals surface area contributed by atoms with Gasteiger partial charge >= 0.3 is 5.97 Å². The number of esters is 1. The van der Waals surface area contributed by atoms with E-state index in [1.807, 2.05) is 72.3 Å². The molecule has 0 N–H and O–H groups in total. The molecule has 4 aromatic rings. The van der Waals surface area contributed by atoms with Crippen molar-refractivity contribution in [2.45, 2.75) is 0 Å². The lowest BCUT2D eigenvalue weighted by molar-refractivity contribution is 0.0692. The Hall–Kier alpha value is -2.70. The number of rotatable bonds is 4. The van der Waals surface area contributed by atoms with Crippen molar-refractivity contribution in [1.82, 2.24) is 9.55 Å². The van der Waals surface area contributed by atoms with Crippen molar-refractivity contribution in [2.24, 2.45) is 7.05 Å². The fourth-order valence-corrected chi connectivity index (χ4v) is 3.94. The van der Waals surface area contributed by atoms with Gasteiger partial charge in [0.1, 0.15) is 11.6 Å². The van der Waals surface area contributed by atoms with Crippen LogP contribution in [-0.4, -0.2) is 15.5 Å². The maximum atomic E-state index is 12.9. The van der Waals surface area contributed by atoms with E-state index in [0.717, 1.165) is 21.1 Å². The van der Waals surface area contributed by atoms with E-state index in [0.29, 0.717) is 21.6 Å². The lowest BCUT2D eigenvalue weighted by atomic mass is 10.1. The molecule has 6 heteroatoms. The van der Waals surface area contributed by atoms with Crippen molar-refractivity contribution in [2.75, 3.05) is 0 Å². The second kappa shape index (κ2) is 8.35. The van der Waals surface area contributed by atoms with Crippen LogP contribution in [0.3, 0.4) is 0 Å². The van der Waals surface area contributed by atoms with Crippen LogP contribution in [0.4, 0.5) is 0 Å². The molecule has 0 spiro atoms. The predicted octanol–water partition coefficient (Wildman–Crippen LogP) is 6.45. The molecule has 0 saturated heterocycles. The van der Waals surface area contributed by atoms with Gasteiger partial charge in [-0.25, -0.2) is 9.78 Å². The highest BCUT2D eigenvalue weighted by Crippen LogP contribution is 2.29. The number of carbonyl (C=O) groups excluding carboxylic acids is 1. The number of fused-ring (bicyclic) bond motifs is 1. The van der Waals surface area contributed by atoms with E-state index in [9.17, 15) is 4.79 Å². The van der Waals surface area contributed by atoms with Gasteiger partial charge in [-0.15, -0.1) is 0 Å². The van der Waals surface area contributed by atoms with Gasteiger partial charge in [0, 0.05) is 27.6 Å². The van der Waals surface area contributed by atoms with Gasteiger partial charge in [0.05, 0.1) is 16.6 Å². The first-order chi connectivity index (χ1) is 14.0. The van der Waals surface area contributed by atoms with E-state index in [1.165, 1.54) is 0 Å². The number of benzene rings is 3. The Morgan fingerprint density at radius 3 is 2.14 bits per heavy atom. The Bertz CT molecular complexity index is 1240. The Morgan fingerprint density at radius 2 is 1.48 bits per heavy atom. The van der Waals surface area contributed by atoms with Crippen molar-refractivity contribution in [3.8, 4) is 0 Å². The average Bonchev–Trinajstić information content (AvgIpc) is 3.04. The van der Waals surface area contributed by atoms with Gasteiger partial charge in [-0.2, -0.15) is 0 Å². The first-order valence-corrected chi connectivity index (χ1v) is 10.5. The molecule has 144 valence electrons. The molecular formula is C23H16Br2N2O2. The first kappa shape index (κ1) is 19.6. The molecule has 3 aromatic carbocycles. The minimum atomic E-state index is -0.446. The van der Waals surface area contributed by atoms with Gasteiger partial charge in [0.15, 0.2) is 0 Å². The molecule has 0 aliphatic rings. The zero-order valence-electron chi connectivity index (χ0n) is 15.5. The van der Waals surface area contributed by atoms with Crippen molar-refractivity contribution in [1.29, 1.82) is 0 Å². The van der Waals surface area contributed by atoms with Gasteiger partial charge in [-0.05, 0) is 46.3 Å². The Labute approximate surface area is 185 Å². The van der Waals surface area contributed by atoms with Gasteiger partial charge in [-0.1, -0.05) is 58.4 Å². The monoisotopic (exact) mass is 510 g/mol. The van der Waals surface area contributed by atoms with Crippen LogP contribution in [0.25, 0.3) is 22.9 Å². The van der Waals surface area contributed by atoms with Crippen molar-refractivity contribution in [3.63, 3.8) is 0 Å². The van der Waals surface area contributed by atoms with Crippen LogP contribution in [0.1, 0.15) is 21.7 Å². The van der Waals surface area contributed by atoms with Crippen LogP contribution >= 0.6 is 31.9 Å². The van der Waals surface area contributed by atoms with E-state index in [1.54, 1.807) is 18.2 Å². The van der Waals surface area contributed by atoms with Crippen molar-refractivity contribution in [3.05, 3.63) is 98.7 Å². The zero-order valence-corrected chi connectivity index (χ0v) is 18.6. The standard InChI is InChI=1S/C23H16Br2N2O2/c1-27-20-13-7-6-12-19(20)26-22(27)14-21(15-8-2-4-10-17(15)24)29-23(28)16-9-3-5-11-18(16)25/h2-14H,1H3. The molecule has 0 bridgehead atoms. The summed E-state index contributed by atoms with van der Waals surface area (Å²) in [5.74, 6) is 0.659. The molecule has 0 amide bonds. The number of para-hydroxylation sites is 2. The zero-order chi connectivity index (χ0) is 20.4. The number of nitrogens with zero attached hydrogens (tertiary/aromatic N) is 2. The highest BCUT2D eigenvalue weighted by molar-refractivity contribution is 9.10. The highest BCUT2D eigenvalue weighted by Gasteiger charge is 2.17. The molecule has 4 nitrogen and oxygen atoms in total. The third-order valence-corrected chi connectivity index (χ3v) is 5.90. The number of aryl methyl sites for hydroxylation is 1. The van der Waals surface area contributed by atoms with Gasteiger partial charge in [-0.3, -0.25) is 0 Å². The largest absolute Gasteiger partial charge is 0.422 e. The number of aromatic nitrogens is 2. The number of imidazole rings is 1. The van der Waals surface area contributed by atoms with Gasteiger partial charge in [0.2, 0.25) is 0 Å². The lowest BCUT2D eigenvalue weighted by Gasteiger charge is -2.12. The van der Waals surface area contributed by atoms with E-state index in [-0.39, 0.29) is 0 Å². The first-order valence-electron chi connectivity index (χ1n) is 8.89. The molecule has 4 rings (SSSR count). The molecule has 0 unspecified atom stereocenters. The molecular weight excluding hydrogens is 496 g/mol. The summed E-state index contributed by atoms with van der Waals surface area (Å²) in [6, 6.07) is 22.7. The second-order valence-electron chi connectivity index (χ2n) is 6.38. The summed E-state index contributed by atoms with van der Waals surface area (Å²) in [6.45, 7) is 0. The van der Waals surface area contributed by atoms with E-state index >= 15 is 0 Å². The molecule has 0 fully saturated rings. The predicted molar refractivity (Wildman–Crippen MR) is 122 cm³/mol. The summed E-state index contributed by atoms with van der Waals surface area (Å²) < 4.78 is 9.32.